The maximum absolute atomic E-state index is 9.75. The number of aliphatic hydroxyl groups is 1. The van der Waals surface area contributed by atoms with Crippen molar-refractivity contribution in [1.82, 2.24) is 4.57 Å². The van der Waals surface area contributed by atoms with E-state index in [1.165, 1.54) is 0 Å². The van der Waals surface area contributed by atoms with Crippen LogP contribution in [0.3, 0.4) is 0 Å². The number of hydrogen-bond acceptors (Lipinski definition) is 3. The van der Waals surface area contributed by atoms with Crippen molar-refractivity contribution in [3.8, 4) is 11.5 Å². The first kappa shape index (κ1) is 14.5. The Hall–Kier alpha value is -1.94. The second-order valence-electron chi connectivity index (χ2n) is 4.61. The van der Waals surface area contributed by atoms with Crippen LogP contribution in [0, 0.1) is 0 Å². The van der Waals surface area contributed by atoms with E-state index < -0.39 is 0 Å². The molecule has 4 heteroatoms. The van der Waals surface area contributed by atoms with Gasteiger partial charge >= 0.3 is 0 Å². The van der Waals surface area contributed by atoms with E-state index in [9.17, 15) is 5.11 Å². The van der Waals surface area contributed by atoms with E-state index in [1.54, 1.807) is 7.11 Å². The molecule has 0 aliphatic carbocycles. The van der Waals surface area contributed by atoms with Crippen LogP contribution in [0.25, 0.3) is 0 Å². The van der Waals surface area contributed by atoms with E-state index >= 15 is 0 Å². The zero-order chi connectivity index (χ0) is 14.4. The number of benzene rings is 1. The Morgan fingerprint density at radius 2 is 1.95 bits per heavy atom. The zero-order valence-corrected chi connectivity index (χ0v) is 12.0. The number of aromatic nitrogens is 1. The molecule has 1 aromatic heterocycles. The molecule has 2 rings (SSSR count). The summed E-state index contributed by atoms with van der Waals surface area (Å²) in [6.07, 6.45) is 4.26. The summed E-state index contributed by atoms with van der Waals surface area (Å²) in [6.45, 7) is 3.25. The van der Waals surface area contributed by atoms with Gasteiger partial charge in [-0.2, -0.15) is 0 Å². The Labute approximate surface area is 119 Å². The fourth-order valence-electron chi connectivity index (χ4n) is 2.03. The molecule has 1 aromatic carbocycles. The maximum atomic E-state index is 9.75. The van der Waals surface area contributed by atoms with Gasteiger partial charge in [0.2, 0.25) is 0 Å². The molecule has 4 nitrogen and oxygen atoms in total. The third kappa shape index (κ3) is 3.54. The minimum Gasteiger partial charge on any atom is -0.493 e. The van der Waals surface area contributed by atoms with Crippen molar-refractivity contribution in [3.05, 3.63) is 48.3 Å². The van der Waals surface area contributed by atoms with E-state index in [-0.39, 0.29) is 6.10 Å². The zero-order valence-electron chi connectivity index (χ0n) is 12.0. The van der Waals surface area contributed by atoms with Crippen LogP contribution in [-0.2, 0) is 6.54 Å². The normalized spacial score (nSPS) is 12.2. The lowest BCUT2D eigenvalue weighted by atomic mass is 10.1. The van der Waals surface area contributed by atoms with Crippen LogP contribution in [-0.4, -0.2) is 23.4 Å². The van der Waals surface area contributed by atoms with Gasteiger partial charge in [0, 0.05) is 12.4 Å². The predicted molar refractivity (Wildman–Crippen MR) is 78.2 cm³/mol. The maximum Gasteiger partial charge on any atom is 0.161 e. The molecule has 0 fully saturated rings. The first-order valence-electron chi connectivity index (χ1n) is 6.84. The number of hydrogen-bond donors (Lipinski definition) is 1. The van der Waals surface area contributed by atoms with Gasteiger partial charge in [-0.1, -0.05) is 19.1 Å². The van der Waals surface area contributed by atoms with Crippen LogP contribution in [0.15, 0.2) is 42.7 Å². The highest BCUT2D eigenvalue weighted by atomic mass is 16.5. The molecule has 0 saturated carbocycles. The molecule has 1 heterocycles. The third-order valence-electron chi connectivity index (χ3n) is 3.22. The summed E-state index contributed by atoms with van der Waals surface area (Å²) in [5, 5.41) is 9.75. The van der Waals surface area contributed by atoms with Crippen LogP contribution in [0.2, 0.25) is 0 Å². The Morgan fingerprint density at radius 1 is 1.20 bits per heavy atom. The number of ether oxygens (including phenoxy) is 2. The molecule has 20 heavy (non-hydrogen) atoms. The highest BCUT2D eigenvalue weighted by Gasteiger charge is 2.06. The fourth-order valence-corrected chi connectivity index (χ4v) is 2.03. The van der Waals surface area contributed by atoms with E-state index in [0.717, 1.165) is 30.0 Å². The van der Waals surface area contributed by atoms with Crippen molar-refractivity contribution in [1.29, 1.82) is 0 Å². The Balaban J connectivity index is 1.88. The van der Waals surface area contributed by atoms with Gasteiger partial charge < -0.3 is 19.1 Å². The van der Waals surface area contributed by atoms with Crippen molar-refractivity contribution < 1.29 is 14.6 Å². The van der Waals surface area contributed by atoms with Crippen molar-refractivity contribution in [2.24, 2.45) is 0 Å². The van der Waals surface area contributed by atoms with E-state index in [1.807, 2.05) is 54.2 Å². The average molecular weight is 275 g/mol. The van der Waals surface area contributed by atoms with Crippen molar-refractivity contribution in [2.45, 2.75) is 26.0 Å². The number of rotatable bonds is 7. The van der Waals surface area contributed by atoms with E-state index in [4.69, 9.17) is 9.47 Å². The van der Waals surface area contributed by atoms with Gasteiger partial charge in [-0.15, -0.1) is 0 Å². The molecule has 0 aliphatic rings. The standard InChI is InChI=1S/C16H21NO3/c1-3-14(18)13-8-9-17(12-13)10-11-20-16-7-5-4-6-15(16)19-2/h4-9,12,14,18H,3,10-11H2,1-2H3. The molecular formula is C16H21NO3. The molecule has 0 aliphatic heterocycles. The van der Waals surface area contributed by atoms with Gasteiger partial charge in [0.25, 0.3) is 0 Å². The molecule has 2 aromatic rings. The summed E-state index contributed by atoms with van der Waals surface area (Å²) in [6, 6.07) is 9.54. The van der Waals surface area contributed by atoms with Gasteiger partial charge in [0.05, 0.1) is 19.8 Å². The minimum atomic E-state index is -0.383. The Bertz CT molecular complexity index is 536. The fraction of sp³-hybridized carbons (Fsp3) is 0.375. The summed E-state index contributed by atoms with van der Waals surface area (Å²) in [5.74, 6) is 1.48. The molecule has 0 bridgehead atoms. The Morgan fingerprint density at radius 3 is 2.65 bits per heavy atom. The summed E-state index contributed by atoms with van der Waals surface area (Å²) < 4.78 is 13.0. The number of aliphatic hydroxyl groups excluding tert-OH is 1. The monoisotopic (exact) mass is 275 g/mol. The molecule has 108 valence electrons. The quantitative estimate of drug-likeness (QED) is 0.844. The van der Waals surface area contributed by atoms with Gasteiger partial charge in [-0.05, 0) is 30.2 Å². The van der Waals surface area contributed by atoms with Gasteiger partial charge in [-0.3, -0.25) is 0 Å². The van der Waals surface area contributed by atoms with E-state index in [0.29, 0.717) is 6.61 Å². The summed E-state index contributed by atoms with van der Waals surface area (Å²) >= 11 is 0. The van der Waals surface area contributed by atoms with Crippen LogP contribution in [0.1, 0.15) is 25.0 Å². The lowest BCUT2D eigenvalue weighted by molar-refractivity contribution is 0.173. The van der Waals surface area contributed by atoms with Crippen molar-refractivity contribution >= 4 is 0 Å². The molecule has 0 radical (unpaired) electrons. The lowest BCUT2D eigenvalue weighted by Gasteiger charge is -2.10. The summed E-state index contributed by atoms with van der Waals surface area (Å²) in [4.78, 5) is 0. The molecule has 1 unspecified atom stereocenters. The number of nitrogens with zero attached hydrogens (tertiary/aromatic N) is 1. The van der Waals surface area contributed by atoms with Gasteiger partial charge in [0.15, 0.2) is 11.5 Å². The smallest absolute Gasteiger partial charge is 0.161 e. The summed E-state index contributed by atoms with van der Waals surface area (Å²) in [7, 11) is 1.63. The van der Waals surface area contributed by atoms with Crippen LogP contribution < -0.4 is 9.47 Å². The molecular weight excluding hydrogens is 254 g/mol. The first-order chi connectivity index (χ1) is 9.74. The largest absolute Gasteiger partial charge is 0.493 e. The third-order valence-corrected chi connectivity index (χ3v) is 3.22. The second kappa shape index (κ2) is 7.01. The molecule has 1 atom stereocenters. The van der Waals surface area contributed by atoms with Gasteiger partial charge in [-0.25, -0.2) is 0 Å². The van der Waals surface area contributed by atoms with Crippen molar-refractivity contribution in [2.75, 3.05) is 13.7 Å². The molecule has 0 saturated heterocycles. The topological polar surface area (TPSA) is 43.6 Å². The predicted octanol–water partition coefficient (Wildman–Crippen LogP) is 3.02. The molecule has 1 N–H and O–H groups in total. The first-order valence-corrected chi connectivity index (χ1v) is 6.84. The Kier molecular flexibility index (Phi) is 5.07. The highest BCUT2D eigenvalue weighted by molar-refractivity contribution is 5.39. The van der Waals surface area contributed by atoms with Crippen LogP contribution in [0.4, 0.5) is 0 Å². The summed E-state index contributed by atoms with van der Waals surface area (Å²) in [5.41, 5.74) is 0.949. The number of methoxy groups -OCH3 is 1. The highest BCUT2D eigenvalue weighted by Crippen LogP contribution is 2.25. The van der Waals surface area contributed by atoms with Crippen molar-refractivity contribution in [3.63, 3.8) is 0 Å². The molecule has 0 amide bonds. The van der Waals surface area contributed by atoms with E-state index in [2.05, 4.69) is 0 Å². The average Bonchev–Trinajstić information content (AvgIpc) is 2.96. The minimum absolute atomic E-state index is 0.383. The lowest BCUT2D eigenvalue weighted by Crippen LogP contribution is -2.07. The molecule has 0 spiro atoms. The second-order valence-corrected chi connectivity index (χ2v) is 4.61. The SMILES string of the molecule is CCC(O)c1ccn(CCOc2ccccc2OC)c1. The van der Waals surface area contributed by atoms with Crippen LogP contribution in [0.5, 0.6) is 11.5 Å². The van der Waals surface area contributed by atoms with Gasteiger partial charge in [0.1, 0.15) is 6.61 Å². The number of para-hydroxylation sites is 2. The van der Waals surface area contributed by atoms with Crippen LogP contribution >= 0.6 is 0 Å².